The Balaban J connectivity index is 2.61. The lowest BCUT2D eigenvalue weighted by atomic mass is 10.1. The van der Waals surface area contributed by atoms with Gasteiger partial charge in [-0.25, -0.2) is 4.79 Å². The van der Waals surface area contributed by atoms with Gasteiger partial charge in [-0.1, -0.05) is 0 Å². The molecule has 1 fully saturated rings. The lowest BCUT2D eigenvalue weighted by Gasteiger charge is -2.28. The minimum atomic E-state index is -1.29. The lowest BCUT2D eigenvalue weighted by Crippen LogP contribution is -2.57. The number of nitrogens with two attached hydrogens (primary N) is 1. The Morgan fingerprint density at radius 3 is 2.56 bits per heavy atom. The number of carbonyl (C=O) groups excluding carboxylic acids is 3. The van der Waals surface area contributed by atoms with Crippen molar-refractivity contribution in [2.24, 2.45) is 5.73 Å². The van der Waals surface area contributed by atoms with Crippen molar-refractivity contribution in [1.82, 2.24) is 15.5 Å². The molecule has 0 radical (unpaired) electrons. The second-order valence-corrected chi connectivity index (χ2v) is 7.41. The maximum absolute atomic E-state index is 12.6. The van der Waals surface area contributed by atoms with Crippen molar-refractivity contribution in [3.05, 3.63) is 0 Å². The first-order chi connectivity index (χ1) is 12.7. The second kappa shape index (κ2) is 11.1. The summed E-state index contributed by atoms with van der Waals surface area (Å²) >= 11 is 1.55. The third-order valence-electron chi connectivity index (χ3n) is 4.28. The van der Waals surface area contributed by atoms with Crippen LogP contribution in [-0.2, 0) is 19.2 Å². The summed E-state index contributed by atoms with van der Waals surface area (Å²) in [5, 5.41) is 23.8. The summed E-state index contributed by atoms with van der Waals surface area (Å²) in [7, 11) is 0. The first kappa shape index (κ1) is 23.2. The Hall–Kier alpha value is -1.85. The second-order valence-electron chi connectivity index (χ2n) is 6.42. The van der Waals surface area contributed by atoms with Gasteiger partial charge >= 0.3 is 5.97 Å². The number of aliphatic carboxylic acids is 1. The molecule has 0 aromatic carbocycles. The quantitative estimate of drug-likeness (QED) is 0.283. The van der Waals surface area contributed by atoms with Crippen LogP contribution in [0.25, 0.3) is 0 Å². The highest BCUT2D eigenvalue weighted by molar-refractivity contribution is 7.98. The highest BCUT2D eigenvalue weighted by Crippen LogP contribution is 2.19. The van der Waals surface area contributed by atoms with Crippen LogP contribution in [0.3, 0.4) is 0 Å². The molecule has 0 bridgehead atoms. The minimum Gasteiger partial charge on any atom is -0.480 e. The van der Waals surface area contributed by atoms with Gasteiger partial charge < -0.3 is 31.5 Å². The maximum Gasteiger partial charge on any atom is 0.326 e. The summed E-state index contributed by atoms with van der Waals surface area (Å²) in [4.78, 5) is 48.9. The summed E-state index contributed by atoms with van der Waals surface area (Å²) in [5.41, 5.74) is 5.70. The molecule has 1 rings (SSSR count). The van der Waals surface area contributed by atoms with Gasteiger partial charge in [0.2, 0.25) is 17.7 Å². The molecule has 4 unspecified atom stereocenters. The standard InChI is InChI=1S/C16H28N4O6S/c1-9(21)13(15(24)20-6-3-4-11(20)16(25)26)19-12(22)8-18-14(23)10(17)5-7-27-2/h9-11,13,21H,3-8,17H2,1-2H3,(H,18,23)(H,19,22)(H,25,26). The van der Waals surface area contributed by atoms with E-state index in [4.69, 9.17) is 5.73 Å². The third kappa shape index (κ3) is 7.00. The fourth-order valence-electron chi connectivity index (χ4n) is 2.75. The molecule has 10 nitrogen and oxygen atoms in total. The van der Waals surface area contributed by atoms with E-state index in [1.165, 1.54) is 6.92 Å². The topological polar surface area (TPSA) is 162 Å². The number of likely N-dealkylation sites (tertiary alicyclic amines) is 1. The number of carboxylic acids is 1. The van der Waals surface area contributed by atoms with Gasteiger partial charge in [0.15, 0.2) is 0 Å². The highest BCUT2D eigenvalue weighted by atomic mass is 32.2. The SMILES string of the molecule is CSCCC(N)C(=O)NCC(=O)NC(C(=O)N1CCCC1C(=O)O)C(C)O. The van der Waals surface area contributed by atoms with Gasteiger partial charge in [-0.15, -0.1) is 0 Å². The van der Waals surface area contributed by atoms with E-state index in [-0.39, 0.29) is 6.54 Å². The van der Waals surface area contributed by atoms with Crippen molar-refractivity contribution in [3.8, 4) is 0 Å². The van der Waals surface area contributed by atoms with Crippen LogP contribution in [-0.4, -0.2) is 88.1 Å². The van der Waals surface area contributed by atoms with Crippen LogP contribution in [0.4, 0.5) is 0 Å². The molecule has 1 heterocycles. The van der Waals surface area contributed by atoms with Gasteiger partial charge in [-0.05, 0) is 38.2 Å². The van der Waals surface area contributed by atoms with Gasteiger partial charge in [0.05, 0.1) is 18.7 Å². The van der Waals surface area contributed by atoms with Crippen LogP contribution < -0.4 is 16.4 Å². The molecule has 1 aliphatic rings. The number of carbonyl (C=O) groups is 4. The van der Waals surface area contributed by atoms with Crippen molar-refractivity contribution in [2.45, 2.75) is 50.4 Å². The smallest absolute Gasteiger partial charge is 0.326 e. The molecule has 1 saturated heterocycles. The first-order valence-corrected chi connectivity index (χ1v) is 10.1. The molecule has 0 saturated carbocycles. The number of aliphatic hydroxyl groups is 1. The number of thioether (sulfide) groups is 1. The molecular weight excluding hydrogens is 376 g/mol. The highest BCUT2D eigenvalue weighted by Gasteiger charge is 2.39. The number of nitrogens with one attached hydrogen (secondary N) is 2. The fraction of sp³-hybridized carbons (Fsp3) is 0.750. The van der Waals surface area contributed by atoms with Gasteiger partial charge in [-0.2, -0.15) is 11.8 Å². The lowest BCUT2D eigenvalue weighted by molar-refractivity contribution is -0.150. The van der Waals surface area contributed by atoms with Gasteiger partial charge in [-0.3, -0.25) is 14.4 Å². The molecule has 0 aromatic rings. The van der Waals surface area contributed by atoms with Crippen LogP contribution >= 0.6 is 11.8 Å². The van der Waals surface area contributed by atoms with Crippen molar-refractivity contribution in [2.75, 3.05) is 25.1 Å². The van der Waals surface area contributed by atoms with Gasteiger partial charge in [0.25, 0.3) is 0 Å². The Bertz CT molecular complexity index is 559. The summed E-state index contributed by atoms with van der Waals surface area (Å²) in [6.07, 6.45) is 1.99. The van der Waals surface area contributed by atoms with Crippen molar-refractivity contribution >= 4 is 35.5 Å². The zero-order chi connectivity index (χ0) is 20.6. The van der Waals surface area contributed by atoms with E-state index in [0.717, 1.165) is 4.90 Å². The number of amides is 3. The number of nitrogens with zero attached hydrogens (tertiary/aromatic N) is 1. The summed E-state index contributed by atoms with van der Waals surface area (Å²) in [6.45, 7) is 1.17. The number of carboxylic acid groups (broad SMARTS) is 1. The molecule has 0 aliphatic carbocycles. The van der Waals surface area contributed by atoms with Crippen LogP contribution in [0, 0.1) is 0 Å². The number of aliphatic hydroxyl groups excluding tert-OH is 1. The first-order valence-electron chi connectivity index (χ1n) is 8.72. The van der Waals surface area contributed by atoms with E-state index in [1.807, 2.05) is 6.26 Å². The van der Waals surface area contributed by atoms with Gasteiger partial charge in [0, 0.05) is 6.54 Å². The summed E-state index contributed by atoms with van der Waals surface area (Å²) < 4.78 is 0. The average Bonchev–Trinajstić information content (AvgIpc) is 3.11. The molecule has 1 aliphatic heterocycles. The molecule has 154 valence electrons. The molecule has 0 spiro atoms. The molecule has 3 amide bonds. The minimum absolute atomic E-state index is 0.246. The third-order valence-corrected chi connectivity index (χ3v) is 4.92. The fourth-order valence-corrected chi connectivity index (χ4v) is 3.24. The van der Waals surface area contributed by atoms with E-state index in [0.29, 0.717) is 25.0 Å². The van der Waals surface area contributed by atoms with Crippen molar-refractivity contribution < 1.29 is 29.4 Å². The van der Waals surface area contributed by atoms with Crippen molar-refractivity contribution in [1.29, 1.82) is 0 Å². The predicted octanol–water partition coefficient (Wildman–Crippen LogP) is -1.88. The largest absolute Gasteiger partial charge is 0.480 e. The predicted molar refractivity (Wildman–Crippen MR) is 100.0 cm³/mol. The zero-order valence-electron chi connectivity index (χ0n) is 15.5. The molecule has 4 atom stereocenters. The molecule has 6 N–H and O–H groups in total. The van der Waals surface area contributed by atoms with E-state index in [9.17, 15) is 29.4 Å². The number of hydrogen-bond donors (Lipinski definition) is 5. The van der Waals surface area contributed by atoms with E-state index >= 15 is 0 Å². The zero-order valence-corrected chi connectivity index (χ0v) is 16.3. The van der Waals surface area contributed by atoms with Gasteiger partial charge in [0.1, 0.15) is 12.1 Å². The molecule has 11 heteroatoms. The normalized spacial score (nSPS) is 19.9. The summed E-state index contributed by atoms with van der Waals surface area (Å²) in [6, 6.07) is -3.00. The number of hydrogen-bond acceptors (Lipinski definition) is 7. The average molecular weight is 404 g/mol. The monoisotopic (exact) mass is 404 g/mol. The molecular formula is C16H28N4O6S. The van der Waals surface area contributed by atoms with E-state index in [1.54, 1.807) is 11.8 Å². The maximum atomic E-state index is 12.6. The molecule has 27 heavy (non-hydrogen) atoms. The van der Waals surface area contributed by atoms with Crippen LogP contribution in [0.15, 0.2) is 0 Å². The van der Waals surface area contributed by atoms with Crippen molar-refractivity contribution in [3.63, 3.8) is 0 Å². The van der Waals surface area contributed by atoms with Crippen LogP contribution in [0.5, 0.6) is 0 Å². The van der Waals surface area contributed by atoms with E-state index < -0.39 is 54.5 Å². The Morgan fingerprint density at radius 2 is 2.00 bits per heavy atom. The van der Waals surface area contributed by atoms with Crippen LogP contribution in [0.2, 0.25) is 0 Å². The Kier molecular flexibility index (Phi) is 9.53. The summed E-state index contributed by atoms with van der Waals surface area (Å²) in [5.74, 6) is -2.23. The van der Waals surface area contributed by atoms with Crippen LogP contribution in [0.1, 0.15) is 26.2 Å². The Morgan fingerprint density at radius 1 is 1.33 bits per heavy atom. The number of rotatable bonds is 10. The van der Waals surface area contributed by atoms with E-state index in [2.05, 4.69) is 10.6 Å². The Labute approximate surface area is 162 Å². The molecule has 0 aromatic heterocycles.